The molecule has 0 atom stereocenters. The second kappa shape index (κ2) is 6.99. The number of rotatable bonds is 4. The molecule has 1 aromatic heterocycles. The molecule has 0 spiro atoms. The zero-order chi connectivity index (χ0) is 14.7. The fraction of sp³-hybridized carbons (Fsp3) is 0.412. The fourth-order valence-electron chi connectivity index (χ4n) is 2.86. The molecule has 1 heterocycles. The van der Waals surface area contributed by atoms with Gasteiger partial charge in [0.2, 0.25) is 0 Å². The van der Waals surface area contributed by atoms with E-state index in [1.165, 1.54) is 32.1 Å². The van der Waals surface area contributed by atoms with Gasteiger partial charge in [-0.05, 0) is 43.2 Å². The second-order valence-corrected chi connectivity index (χ2v) is 6.93. The molecule has 2 aromatic rings. The molecule has 0 bridgehead atoms. The predicted octanol–water partition coefficient (Wildman–Crippen LogP) is 5.78. The van der Waals surface area contributed by atoms with Gasteiger partial charge in [-0.3, -0.25) is 0 Å². The third-order valence-corrected chi connectivity index (χ3v) is 4.83. The van der Waals surface area contributed by atoms with Crippen LogP contribution in [0.4, 0.5) is 0 Å². The van der Waals surface area contributed by atoms with Crippen molar-refractivity contribution in [2.75, 3.05) is 0 Å². The Bertz CT molecular complexity index is 605. The summed E-state index contributed by atoms with van der Waals surface area (Å²) >= 11 is 9.68. The van der Waals surface area contributed by atoms with Crippen LogP contribution in [0.15, 0.2) is 39.2 Å². The zero-order valence-corrected chi connectivity index (χ0v) is 14.2. The smallest absolute Gasteiger partial charge is 0.135 e. The minimum atomic E-state index is 0.642. The van der Waals surface area contributed by atoms with E-state index >= 15 is 0 Å². The molecule has 2 nitrogen and oxygen atoms in total. The molecule has 1 saturated carbocycles. The van der Waals surface area contributed by atoms with Gasteiger partial charge < -0.3 is 9.73 Å². The van der Waals surface area contributed by atoms with Crippen molar-refractivity contribution < 1.29 is 4.42 Å². The van der Waals surface area contributed by atoms with E-state index in [0.717, 1.165) is 28.1 Å². The van der Waals surface area contributed by atoms with E-state index in [0.29, 0.717) is 11.1 Å². The first-order valence-electron chi connectivity index (χ1n) is 7.50. The summed E-state index contributed by atoms with van der Waals surface area (Å²) in [5.74, 6) is 1.79. The first-order chi connectivity index (χ1) is 10.2. The third kappa shape index (κ3) is 3.91. The minimum absolute atomic E-state index is 0.642. The van der Waals surface area contributed by atoms with Gasteiger partial charge in [-0.25, -0.2) is 0 Å². The number of benzene rings is 1. The third-order valence-electron chi connectivity index (χ3n) is 4.03. The minimum Gasteiger partial charge on any atom is -0.460 e. The van der Waals surface area contributed by atoms with Crippen LogP contribution in [0, 0.1) is 0 Å². The highest BCUT2D eigenvalue weighted by Crippen LogP contribution is 2.31. The predicted molar refractivity (Wildman–Crippen MR) is 90.6 cm³/mol. The van der Waals surface area contributed by atoms with Gasteiger partial charge in [-0.15, -0.1) is 0 Å². The number of furan rings is 1. The lowest BCUT2D eigenvalue weighted by Crippen LogP contribution is -2.30. The highest BCUT2D eigenvalue weighted by atomic mass is 79.9. The van der Waals surface area contributed by atoms with Crippen LogP contribution in [0.1, 0.15) is 37.9 Å². The second-order valence-electron chi connectivity index (χ2n) is 5.61. The van der Waals surface area contributed by atoms with E-state index in [1.54, 1.807) is 0 Å². The SMILES string of the molecule is Clc1cc(Br)ccc1-c1ccc(CNC2CCCCC2)o1. The van der Waals surface area contributed by atoms with Crippen molar-refractivity contribution in [3.8, 4) is 11.3 Å². The molecule has 1 aliphatic rings. The van der Waals surface area contributed by atoms with E-state index in [1.807, 2.05) is 30.3 Å². The van der Waals surface area contributed by atoms with Gasteiger partial charge in [0.1, 0.15) is 11.5 Å². The lowest BCUT2D eigenvalue weighted by Gasteiger charge is -2.22. The molecule has 1 aromatic carbocycles. The Hall–Kier alpha value is -0.770. The molecule has 0 aliphatic heterocycles. The molecule has 21 heavy (non-hydrogen) atoms. The van der Waals surface area contributed by atoms with Crippen LogP contribution in [-0.4, -0.2) is 6.04 Å². The van der Waals surface area contributed by atoms with Crippen LogP contribution in [0.2, 0.25) is 5.02 Å². The van der Waals surface area contributed by atoms with E-state index in [2.05, 4.69) is 21.2 Å². The van der Waals surface area contributed by atoms with Crippen LogP contribution in [0.3, 0.4) is 0 Å². The van der Waals surface area contributed by atoms with Crippen LogP contribution in [0.25, 0.3) is 11.3 Å². The van der Waals surface area contributed by atoms with E-state index in [4.69, 9.17) is 16.0 Å². The van der Waals surface area contributed by atoms with Crippen molar-refractivity contribution in [2.24, 2.45) is 0 Å². The summed E-state index contributed by atoms with van der Waals surface area (Å²) in [6, 6.07) is 10.5. The lowest BCUT2D eigenvalue weighted by atomic mass is 9.95. The average Bonchev–Trinajstić information content (AvgIpc) is 2.95. The molecule has 0 amide bonds. The Morgan fingerprint density at radius 3 is 2.71 bits per heavy atom. The van der Waals surface area contributed by atoms with E-state index in [9.17, 15) is 0 Å². The van der Waals surface area contributed by atoms with Crippen molar-refractivity contribution in [3.63, 3.8) is 0 Å². The highest BCUT2D eigenvalue weighted by Gasteiger charge is 2.14. The van der Waals surface area contributed by atoms with Crippen molar-refractivity contribution in [3.05, 3.63) is 45.6 Å². The Kier molecular flexibility index (Phi) is 5.04. The van der Waals surface area contributed by atoms with Gasteiger partial charge in [-0.2, -0.15) is 0 Å². The Morgan fingerprint density at radius 1 is 1.14 bits per heavy atom. The number of nitrogens with one attached hydrogen (secondary N) is 1. The van der Waals surface area contributed by atoms with Gasteiger partial charge >= 0.3 is 0 Å². The summed E-state index contributed by atoms with van der Waals surface area (Å²) in [6.07, 6.45) is 6.63. The molecular formula is C17H19BrClNO. The normalized spacial score (nSPS) is 16.3. The number of halogens is 2. The lowest BCUT2D eigenvalue weighted by molar-refractivity contribution is 0.358. The average molecular weight is 369 g/mol. The largest absolute Gasteiger partial charge is 0.460 e. The molecule has 0 saturated heterocycles. The van der Waals surface area contributed by atoms with Gasteiger partial charge in [0.05, 0.1) is 11.6 Å². The van der Waals surface area contributed by atoms with Crippen LogP contribution < -0.4 is 5.32 Å². The molecule has 1 N–H and O–H groups in total. The highest BCUT2D eigenvalue weighted by molar-refractivity contribution is 9.10. The molecule has 112 valence electrons. The summed E-state index contributed by atoms with van der Waals surface area (Å²) in [5.41, 5.74) is 0.934. The molecule has 4 heteroatoms. The standard InChI is InChI=1S/C17H19BrClNO/c18-12-6-8-15(16(19)10-12)17-9-7-14(21-17)11-20-13-4-2-1-3-5-13/h6-10,13,20H,1-5,11H2. The van der Waals surface area contributed by atoms with Gasteiger partial charge in [0.25, 0.3) is 0 Å². The van der Waals surface area contributed by atoms with Crippen LogP contribution in [-0.2, 0) is 6.54 Å². The Balaban J connectivity index is 1.65. The number of hydrogen-bond donors (Lipinski definition) is 1. The van der Waals surface area contributed by atoms with Crippen molar-refractivity contribution in [2.45, 2.75) is 44.7 Å². The Labute approximate surface area is 139 Å². The maximum absolute atomic E-state index is 6.27. The van der Waals surface area contributed by atoms with Crippen LogP contribution in [0.5, 0.6) is 0 Å². The van der Waals surface area contributed by atoms with Crippen molar-refractivity contribution in [1.82, 2.24) is 5.32 Å². The summed E-state index contributed by atoms with van der Waals surface area (Å²) in [6.45, 7) is 0.790. The summed E-state index contributed by atoms with van der Waals surface area (Å²) in [7, 11) is 0. The van der Waals surface area contributed by atoms with Crippen molar-refractivity contribution in [1.29, 1.82) is 0 Å². The summed E-state index contributed by atoms with van der Waals surface area (Å²) < 4.78 is 6.89. The van der Waals surface area contributed by atoms with Crippen molar-refractivity contribution >= 4 is 27.5 Å². The van der Waals surface area contributed by atoms with Crippen LogP contribution >= 0.6 is 27.5 Å². The molecular weight excluding hydrogens is 350 g/mol. The fourth-order valence-corrected chi connectivity index (χ4v) is 3.63. The van der Waals surface area contributed by atoms with E-state index < -0.39 is 0 Å². The molecule has 1 aliphatic carbocycles. The summed E-state index contributed by atoms with van der Waals surface area (Å²) in [5, 5.41) is 4.29. The maximum atomic E-state index is 6.27. The van der Waals surface area contributed by atoms with Gasteiger partial charge in [0, 0.05) is 16.1 Å². The van der Waals surface area contributed by atoms with E-state index in [-0.39, 0.29) is 0 Å². The molecule has 1 fully saturated rings. The summed E-state index contributed by atoms with van der Waals surface area (Å²) in [4.78, 5) is 0. The first-order valence-corrected chi connectivity index (χ1v) is 8.67. The maximum Gasteiger partial charge on any atom is 0.135 e. The molecule has 0 radical (unpaired) electrons. The quantitative estimate of drug-likeness (QED) is 0.739. The van der Waals surface area contributed by atoms with Gasteiger partial charge in [0.15, 0.2) is 0 Å². The topological polar surface area (TPSA) is 25.2 Å². The molecule has 3 rings (SSSR count). The number of hydrogen-bond acceptors (Lipinski definition) is 2. The van der Waals surface area contributed by atoms with Gasteiger partial charge in [-0.1, -0.05) is 46.8 Å². The Morgan fingerprint density at radius 2 is 1.95 bits per heavy atom. The first kappa shape index (κ1) is 15.1. The zero-order valence-electron chi connectivity index (χ0n) is 11.9. The monoisotopic (exact) mass is 367 g/mol. The molecule has 0 unspecified atom stereocenters.